The van der Waals surface area contributed by atoms with Gasteiger partial charge >= 0.3 is 6.18 Å². The Bertz CT molecular complexity index is 4400. The smallest absolute Gasteiger partial charge is 0.310 e. The molecule has 11 aromatic carbocycles. The highest BCUT2D eigenvalue weighted by Gasteiger charge is 2.35. The Morgan fingerprint density at radius 2 is 0.671 bits per heavy atom. The fourth-order valence-electron chi connectivity index (χ4n) is 11.7. The molecule has 2 heterocycles. The van der Waals surface area contributed by atoms with Crippen molar-refractivity contribution in [2.45, 2.75) is 40.8 Å². The molecule has 0 bridgehead atoms. The maximum Gasteiger partial charge on any atom is 0.417 e. The van der Waals surface area contributed by atoms with Crippen LogP contribution in [0.4, 0.5) is 18.9 Å². The Labute approximate surface area is 457 Å². The second kappa shape index (κ2) is 19.1. The third-order valence-electron chi connectivity index (χ3n) is 15.8. The summed E-state index contributed by atoms with van der Waals surface area (Å²) in [5.41, 5.74) is 20.9. The van der Waals surface area contributed by atoms with Crippen LogP contribution < -0.4 is 0 Å². The van der Waals surface area contributed by atoms with Gasteiger partial charge in [0.25, 0.3) is 0 Å². The highest BCUT2D eigenvalue weighted by molar-refractivity contribution is 6.14. The number of benzene rings is 11. The molecule has 0 amide bonds. The van der Waals surface area contributed by atoms with E-state index < -0.39 is 11.7 Å². The maximum absolute atomic E-state index is 15.2. The number of hydrogen-bond donors (Lipinski definition) is 0. The Kier molecular flexibility index (Phi) is 11.8. The summed E-state index contributed by atoms with van der Waals surface area (Å²) in [5.74, 6) is 0. The number of hydrogen-bond acceptors (Lipinski definition) is 0. The molecule has 0 radical (unpaired) electrons. The molecule has 0 saturated heterocycles. The van der Waals surface area contributed by atoms with E-state index in [1.165, 1.54) is 34.4 Å². The van der Waals surface area contributed by atoms with Gasteiger partial charge in [-0.2, -0.15) is 13.2 Å². The molecule has 0 fully saturated rings. The number of nitrogens with zero attached hydrogens (tertiary/aromatic N) is 3. The third-order valence-corrected chi connectivity index (χ3v) is 15.8. The molecule has 0 atom stereocenters. The van der Waals surface area contributed by atoms with E-state index >= 15 is 13.2 Å². The summed E-state index contributed by atoms with van der Waals surface area (Å²) < 4.78 is 50.2. The largest absolute Gasteiger partial charge is 0.417 e. The van der Waals surface area contributed by atoms with Crippen LogP contribution in [0.3, 0.4) is 0 Å². The minimum atomic E-state index is -4.61. The summed E-state index contributed by atoms with van der Waals surface area (Å²) in [6.45, 7) is 18.5. The zero-order valence-corrected chi connectivity index (χ0v) is 44.3. The highest BCUT2D eigenvalue weighted by atomic mass is 19.4. The summed E-state index contributed by atoms with van der Waals surface area (Å²) in [7, 11) is 0. The molecule has 13 rings (SSSR count). The normalized spacial score (nSPS) is 11.8. The van der Waals surface area contributed by atoms with Crippen molar-refractivity contribution in [3.8, 4) is 78.1 Å². The predicted molar refractivity (Wildman–Crippen MR) is 323 cm³/mol. The first-order chi connectivity index (χ1) is 38.3. The lowest BCUT2D eigenvalue weighted by atomic mass is 9.91. The molecule has 3 nitrogen and oxygen atoms in total. The van der Waals surface area contributed by atoms with Gasteiger partial charge in [-0.25, -0.2) is 4.85 Å². The zero-order valence-electron chi connectivity index (χ0n) is 44.3. The van der Waals surface area contributed by atoms with Crippen molar-refractivity contribution in [2.75, 3.05) is 0 Å². The van der Waals surface area contributed by atoms with Gasteiger partial charge < -0.3 is 9.13 Å². The van der Waals surface area contributed by atoms with Gasteiger partial charge in [0, 0.05) is 38.4 Å². The predicted octanol–water partition coefficient (Wildman–Crippen LogP) is 21.0. The minimum absolute atomic E-state index is 0.131. The van der Waals surface area contributed by atoms with Crippen LogP contribution in [-0.4, -0.2) is 9.13 Å². The molecule has 0 unspecified atom stereocenters. The van der Waals surface area contributed by atoms with Crippen molar-refractivity contribution >= 4 is 49.3 Å². The van der Waals surface area contributed by atoms with Crippen LogP contribution in [0.2, 0.25) is 0 Å². The van der Waals surface area contributed by atoms with Gasteiger partial charge in [0.15, 0.2) is 5.69 Å². The van der Waals surface area contributed by atoms with E-state index in [0.717, 1.165) is 105 Å². The fraction of sp³-hybridized carbons (Fsp3) is 0.0822. The lowest BCUT2D eigenvalue weighted by Crippen LogP contribution is -2.08. The lowest BCUT2D eigenvalue weighted by Gasteiger charge is -2.22. The first kappa shape index (κ1) is 48.9. The second-order valence-electron chi connectivity index (χ2n) is 21.1. The third kappa shape index (κ3) is 8.65. The molecular formula is C73H52F3N3. The summed E-state index contributed by atoms with van der Waals surface area (Å²) in [6, 6.07) is 76.5. The first-order valence-electron chi connectivity index (χ1n) is 26.6. The van der Waals surface area contributed by atoms with Crippen LogP contribution in [0.5, 0.6) is 0 Å². The summed E-state index contributed by atoms with van der Waals surface area (Å²) in [6.07, 6.45) is -4.61. The van der Waals surface area contributed by atoms with Gasteiger partial charge in [-0.05, 0) is 163 Å². The molecule has 13 aromatic rings. The van der Waals surface area contributed by atoms with E-state index in [2.05, 4.69) is 212 Å². The van der Waals surface area contributed by atoms with Crippen LogP contribution >= 0.6 is 0 Å². The monoisotopic (exact) mass is 1030 g/mol. The molecule has 0 aliphatic carbocycles. The number of aryl methyl sites for hydroxylation is 5. The Balaban J connectivity index is 1.12. The number of rotatable bonds is 8. The summed E-state index contributed by atoms with van der Waals surface area (Å²) in [4.78, 5) is 4.01. The maximum atomic E-state index is 15.2. The van der Waals surface area contributed by atoms with Gasteiger partial charge in [0.05, 0.1) is 39.9 Å². The average Bonchev–Trinajstić information content (AvgIpc) is 4.11. The molecule has 6 heteroatoms. The van der Waals surface area contributed by atoms with Gasteiger partial charge in [-0.15, -0.1) is 0 Å². The van der Waals surface area contributed by atoms with E-state index in [1.807, 2.05) is 36.4 Å². The van der Waals surface area contributed by atoms with Crippen LogP contribution in [0.15, 0.2) is 224 Å². The summed E-state index contributed by atoms with van der Waals surface area (Å²) >= 11 is 0. The lowest BCUT2D eigenvalue weighted by molar-refractivity contribution is -0.137. The quantitative estimate of drug-likeness (QED) is 0.135. The second-order valence-corrected chi connectivity index (χ2v) is 21.1. The average molecular weight is 1030 g/mol. The Morgan fingerprint density at radius 1 is 0.342 bits per heavy atom. The number of fused-ring (bicyclic) bond motifs is 6. The molecule has 79 heavy (non-hydrogen) atoms. The van der Waals surface area contributed by atoms with Crippen molar-refractivity contribution in [2.24, 2.45) is 0 Å². The summed E-state index contributed by atoms with van der Waals surface area (Å²) in [5, 5.41) is 4.11. The molecule has 2 aromatic heterocycles. The molecule has 380 valence electrons. The Morgan fingerprint density at radius 3 is 1.03 bits per heavy atom. The number of alkyl halides is 3. The van der Waals surface area contributed by atoms with Crippen molar-refractivity contribution < 1.29 is 13.2 Å². The number of aromatic nitrogens is 2. The molecule has 0 aliphatic rings. The minimum Gasteiger partial charge on any atom is -0.310 e. The van der Waals surface area contributed by atoms with Crippen molar-refractivity contribution in [3.05, 3.63) is 269 Å². The molecule has 0 aliphatic heterocycles. The van der Waals surface area contributed by atoms with Gasteiger partial charge in [0.2, 0.25) is 0 Å². The van der Waals surface area contributed by atoms with Crippen molar-refractivity contribution in [3.63, 3.8) is 0 Å². The van der Waals surface area contributed by atoms with Gasteiger partial charge in [-0.3, -0.25) is 0 Å². The van der Waals surface area contributed by atoms with Gasteiger partial charge in [0.1, 0.15) is 0 Å². The SMILES string of the molecule is [C-]#[N+]c1ccc(-c2ccc(-c3c(C)cccc3C(F)(F)F)cc2-n2c3ccc(-c4ccc(C)cc4)cc3c3cc(-c4ccc(C)cc4)ccc32)c(-n2c3ccc(-c4ccc(C)cc4)cc3c3cc(-c4ccc(C)cc4)ccc32)c1. The molecule has 0 spiro atoms. The zero-order chi connectivity index (χ0) is 54.3. The van der Waals surface area contributed by atoms with Crippen LogP contribution in [-0.2, 0) is 6.18 Å². The molecule has 0 N–H and O–H groups in total. The van der Waals surface area contributed by atoms with E-state index in [-0.39, 0.29) is 5.56 Å². The Hall–Kier alpha value is -9.70. The first-order valence-corrected chi connectivity index (χ1v) is 26.6. The van der Waals surface area contributed by atoms with Crippen LogP contribution in [0.1, 0.15) is 33.4 Å². The highest BCUT2D eigenvalue weighted by Crippen LogP contribution is 2.47. The standard InChI is InChI=1S/C73H52F3N3/c1-44-10-18-49(19-11-44)53-27-34-66-61(38-53)62-39-54(50-20-12-45(2)13-21-50)28-35-67(62)78(66)70-42-57(72-48(5)8-7-9-65(72)73(74,75)76)26-32-59(70)60-33-31-58(77-6)43-71(60)79-68-36-29-55(51-22-14-46(3)15-23-51)40-63(68)64-41-56(30-37-69(64)79)52-24-16-47(4)17-25-52/h7-43H,1-5H3. The molecular weight excluding hydrogens is 976 g/mol. The topological polar surface area (TPSA) is 14.2 Å². The van der Waals surface area contributed by atoms with E-state index in [0.29, 0.717) is 22.5 Å². The van der Waals surface area contributed by atoms with E-state index in [4.69, 9.17) is 6.57 Å². The van der Waals surface area contributed by atoms with Crippen LogP contribution in [0.25, 0.3) is 127 Å². The van der Waals surface area contributed by atoms with Crippen molar-refractivity contribution in [1.29, 1.82) is 0 Å². The van der Waals surface area contributed by atoms with E-state index in [9.17, 15) is 0 Å². The van der Waals surface area contributed by atoms with Crippen LogP contribution in [0, 0.1) is 41.2 Å². The van der Waals surface area contributed by atoms with E-state index in [1.54, 1.807) is 13.0 Å². The van der Waals surface area contributed by atoms with Gasteiger partial charge in [-0.1, -0.05) is 180 Å². The van der Waals surface area contributed by atoms with Crippen molar-refractivity contribution in [1.82, 2.24) is 9.13 Å². The number of halogens is 3. The fourth-order valence-corrected chi connectivity index (χ4v) is 11.7. The molecule has 0 saturated carbocycles.